The second kappa shape index (κ2) is 13.6. The molecule has 1 aliphatic carbocycles. The van der Waals surface area contributed by atoms with E-state index >= 15 is 0 Å². The maximum absolute atomic E-state index is 5.33. The van der Waals surface area contributed by atoms with Crippen molar-refractivity contribution in [2.75, 3.05) is 0 Å². The van der Waals surface area contributed by atoms with Gasteiger partial charge in [-0.15, -0.1) is 11.3 Å². The second-order valence-corrected chi connectivity index (χ2v) is 16.3. The minimum absolute atomic E-state index is 0.699. The van der Waals surface area contributed by atoms with Crippen LogP contribution in [0.4, 0.5) is 0 Å². The van der Waals surface area contributed by atoms with Gasteiger partial charge >= 0.3 is 0 Å². The van der Waals surface area contributed by atoms with Gasteiger partial charge in [0.25, 0.3) is 0 Å². The Kier molecular flexibility index (Phi) is 7.75. The first-order chi connectivity index (χ1) is 29.2. The van der Waals surface area contributed by atoms with Gasteiger partial charge in [-0.1, -0.05) is 170 Å². The summed E-state index contributed by atoms with van der Waals surface area (Å²) < 4.78 is 2.59. The molecule has 1 aliphatic rings. The fourth-order valence-corrected chi connectivity index (χ4v) is 10.3. The molecule has 0 saturated heterocycles. The molecule has 9 aromatic carbocycles. The molecule has 3 heteroatoms. The van der Waals surface area contributed by atoms with Crippen LogP contribution in [0.2, 0.25) is 0 Å². The topological polar surface area (TPSA) is 25.8 Å². The Morgan fingerprint density at radius 3 is 1.63 bits per heavy atom. The smallest absolute Gasteiger partial charge is 0.160 e. The van der Waals surface area contributed by atoms with Crippen molar-refractivity contribution in [2.24, 2.45) is 0 Å². The van der Waals surface area contributed by atoms with Crippen molar-refractivity contribution in [1.82, 2.24) is 9.97 Å². The van der Waals surface area contributed by atoms with Crippen LogP contribution >= 0.6 is 11.3 Å². The van der Waals surface area contributed by atoms with E-state index in [0.29, 0.717) is 5.82 Å². The molecule has 2 aromatic heterocycles. The van der Waals surface area contributed by atoms with Crippen LogP contribution in [-0.4, -0.2) is 9.97 Å². The van der Waals surface area contributed by atoms with E-state index in [-0.39, 0.29) is 0 Å². The quantitative estimate of drug-likeness (QED) is 0.168. The zero-order chi connectivity index (χ0) is 38.9. The number of thiophene rings is 1. The number of fused-ring (bicyclic) bond motifs is 6. The van der Waals surface area contributed by atoms with Crippen molar-refractivity contribution in [3.8, 4) is 89.5 Å². The Morgan fingerprint density at radius 1 is 0.288 bits per heavy atom. The lowest BCUT2D eigenvalue weighted by molar-refractivity contribution is 1.18. The van der Waals surface area contributed by atoms with Crippen molar-refractivity contribution in [2.45, 2.75) is 0 Å². The van der Waals surface area contributed by atoms with E-state index in [0.717, 1.165) is 50.3 Å². The largest absolute Gasteiger partial charge is 0.228 e. The Hall–Kier alpha value is -7.46. The molecule has 12 rings (SSSR count). The molecule has 2 nitrogen and oxygen atoms in total. The lowest BCUT2D eigenvalue weighted by atomic mass is 9.92. The summed E-state index contributed by atoms with van der Waals surface area (Å²) in [6.45, 7) is 0. The number of aromatic nitrogens is 2. The summed E-state index contributed by atoms with van der Waals surface area (Å²) in [5.74, 6) is 0.699. The maximum Gasteiger partial charge on any atom is 0.160 e. The minimum atomic E-state index is 0.699. The van der Waals surface area contributed by atoms with E-state index < -0.39 is 0 Å². The van der Waals surface area contributed by atoms with Gasteiger partial charge in [-0.2, -0.15) is 0 Å². The monoisotopic (exact) mass is 766 g/mol. The van der Waals surface area contributed by atoms with Crippen LogP contribution in [0.25, 0.3) is 120 Å². The van der Waals surface area contributed by atoms with Gasteiger partial charge in [-0.3, -0.25) is 0 Å². The first-order valence-corrected chi connectivity index (χ1v) is 20.9. The van der Waals surface area contributed by atoms with Crippen LogP contribution < -0.4 is 0 Å². The molecular formula is C56H34N2S. The van der Waals surface area contributed by atoms with Gasteiger partial charge in [0.2, 0.25) is 0 Å². The molecule has 0 fully saturated rings. The average molecular weight is 767 g/mol. The molecule has 2 heterocycles. The normalized spacial score (nSPS) is 11.7. The third kappa shape index (κ3) is 5.62. The van der Waals surface area contributed by atoms with Gasteiger partial charge in [-0.25, -0.2) is 9.97 Å². The molecule has 0 aliphatic heterocycles. The van der Waals surface area contributed by atoms with Crippen molar-refractivity contribution < 1.29 is 0 Å². The highest BCUT2D eigenvalue weighted by Crippen LogP contribution is 2.49. The molecular weight excluding hydrogens is 733 g/mol. The summed E-state index contributed by atoms with van der Waals surface area (Å²) in [6, 6.07) is 74.4. The lowest BCUT2D eigenvalue weighted by Crippen LogP contribution is -1.97. The van der Waals surface area contributed by atoms with Crippen molar-refractivity contribution in [3.05, 3.63) is 206 Å². The van der Waals surface area contributed by atoms with Crippen molar-refractivity contribution >= 4 is 42.3 Å². The van der Waals surface area contributed by atoms with Crippen molar-refractivity contribution in [3.63, 3.8) is 0 Å². The Balaban J connectivity index is 1.04. The fourth-order valence-electron chi connectivity index (χ4n) is 9.07. The standard InChI is InChI=1S/C56H34N2S/c1-3-14-35(15-4-1)39-31-40(43-23-12-26-50-46-22-9-10-27-53(46)59-55(43)50)33-41(32-39)52-34-51(57-56(58-52)36-16-5-2-6-17-36)38-19-11-18-37(30-38)42-28-29-49-45-21-8-7-20-44(45)48-25-13-24-47(42)54(48)49/h1-34H. The molecule has 0 spiro atoms. The van der Waals surface area contributed by atoms with Gasteiger partial charge in [-0.05, 0) is 103 Å². The number of rotatable bonds is 6. The van der Waals surface area contributed by atoms with Gasteiger partial charge in [0.05, 0.1) is 11.4 Å². The molecule has 59 heavy (non-hydrogen) atoms. The first kappa shape index (κ1) is 33.7. The van der Waals surface area contributed by atoms with E-state index in [4.69, 9.17) is 9.97 Å². The van der Waals surface area contributed by atoms with Crippen LogP contribution in [0.1, 0.15) is 0 Å². The SMILES string of the molecule is c1ccc(-c2cc(-c3cc(-c4cccc(-c5ccc6c7c(cccc57)-c5ccccc5-6)c4)nc(-c4ccccc4)n3)cc(-c3cccc4c3sc3ccccc34)c2)cc1. The van der Waals surface area contributed by atoms with Gasteiger partial charge in [0, 0.05) is 36.9 Å². The number of hydrogen-bond donors (Lipinski definition) is 0. The first-order valence-electron chi connectivity index (χ1n) is 20.1. The molecule has 0 bridgehead atoms. The number of nitrogens with zero attached hydrogens (tertiary/aromatic N) is 2. The van der Waals surface area contributed by atoms with Crippen molar-refractivity contribution in [1.29, 1.82) is 0 Å². The second-order valence-electron chi connectivity index (χ2n) is 15.3. The van der Waals surface area contributed by atoms with E-state index in [2.05, 4.69) is 200 Å². The maximum atomic E-state index is 5.33. The number of hydrogen-bond acceptors (Lipinski definition) is 3. The van der Waals surface area contributed by atoms with Crippen LogP contribution in [0.5, 0.6) is 0 Å². The highest BCUT2D eigenvalue weighted by Gasteiger charge is 2.23. The molecule has 0 amide bonds. The molecule has 0 unspecified atom stereocenters. The van der Waals surface area contributed by atoms with Crippen LogP contribution in [0.15, 0.2) is 206 Å². The molecule has 274 valence electrons. The summed E-state index contributed by atoms with van der Waals surface area (Å²) >= 11 is 1.86. The average Bonchev–Trinajstić information content (AvgIpc) is 3.86. The van der Waals surface area contributed by atoms with E-state index in [1.165, 1.54) is 64.3 Å². The zero-order valence-corrected chi connectivity index (χ0v) is 32.7. The van der Waals surface area contributed by atoms with E-state index in [1.807, 2.05) is 17.4 Å². The minimum Gasteiger partial charge on any atom is -0.228 e. The summed E-state index contributed by atoms with van der Waals surface area (Å²) in [5.41, 5.74) is 17.1. The predicted molar refractivity (Wildman–Crippen MR) is 249 cm³/mol. The predicted octanol–water partition coefficient (Wildman–Crippen LogP) is 15.6. The Bertz CT molecular complexity index is 3410. The van der Waals surface area contributed by atoms with E-state index in [1.54, 1.807) is 0 Å². The Labute approximate surface area is 346 Å². The Morgan fingerprint density at radius 2 is 0.814 bits per heavy atom. The van der Waals surface area contributed by atoms with Gasteiger partial charge in [0.15, 0.2) is 5.82 Å². The summed E-state index contributed by atoms with van der Waals surface area (Å²) in [7, 11) is 0. The fraction of sp³-hybridized carbons (Fsp3) is 0. The lowest BCUT2D eigenvalue weighted by Gasteiger charge is -2.14. The number of benzene rings is 9. The summed E-state index contributed by atoms with van der Waals surface area (Å²) in [6.07, 6.45) is 0. The molecule has 0 radical (unpaired) electrons. The molecule has 0 saturated carbocycles. The van der Waals surface area contributed by atoms with Gasteiger partial charge in [0.1, 0.15) is 0 Å². The van der Waals surface area contributed by atoms with Crippen LogP contribution in [-0.2, 0) is 0 Å². The highest BCUT2D eigenvalue weighted by molar-refractivity contribution is 7.26. The van der Waals surface area contributed by atoms with Crippen LogP contribution in [0.3, 0.4) is 0 Å². The van der Waals surface area contributed by atoms with E-state index in [9.17, 15) is 0 Å². The molecule has 0 N–H and O–H groups in total. The third-order valence-electron chi connectivity index (χ3n) is 11.8. The zero-order valence-electron chi connectivity index (χ0n) is 31.9. The van der Waals surface area contributed by atoms with Gasteiger partial charge < -0.3 is 0 Å². The molecule has 0 atom stereocenters. The molecule has 11 aromatic rings. The summed E-state index contributed by atoms with van der Waals surface area (Å²) in [4.78, 5) is 10.6. The van der Waals surface area contributed by atoms with Crippen LogP contribution in [0, 0.1) is 0 Å². The highest BCUT2D eigenvalue weighted by atomic mass is 32.1. The third-order valence-corrected chi connectivity index (χ3v) is 13.0. The summed E-state index contributed by atoms with van der Waals surface area (Å²) in [5, 5.41) is 5.18.